The second-order valence-corrected chi connectivity index (χ2v) is 7.83. The van der Waals surface area contributed by atoms with Crippen LogP contribution in [-0.2, 0) is 16.0 Å². The van der Waals surface area contributed by atoms with Crippen molar-refractivity contribution in [2.45, 2.75) is 25.5 Å². The molecule has 0 spiro atoms. The summed E-state index contributed by atoms with van der Waals surface area (Å²) < 4.78 is 12.2. The summed E-state index contributed by atoms with van der Waals surface area (Å²) in [5.74, 6) is 0. The average Bonchev–Trinajstić information content (AvgIpc) is 3.17. The first-order chi connectivity index (χ1) is 10.8. The molecule has 2 saturated heterocycles. The van der Waals surface area contributed by atoms with Crippen LogP contribution in [0.4, 0.5) is 0 Å². The average molecular weight is 345 g/mol. The smallest absolute Gasteiger partial charge is 0.0931 e. The Morgan fingerprint density at radius 3 is 2.73 bits per heavy atom. The van der Waals surface area contributed by atoms with Gasteiger partial charge in [-0.05, 0) is 25.0 Å². The summed E-state index contributed by atoms with van der Waals surface area (Å²) in [7, 11) is 0. The molecule has 1 unspecified atom stereocenters. The van der Waals surface area contributed by atoms with Crippen molar-refractivity contribution in [3.05, 3.63) is 21.3 Å². The van der Waals surface area contributed by atoms with E-state index < -0.39 is 0 Å². The Morgan fingerprint density at radius 1 is 1.23 bits per heavy atom. The van der Waals surface area contributed by atoms with Crippen LogP contribution in [0.25, 0.3) is 0 Å². The first kappa shape index (κ1) is 16.7. The lowest BCUT2D eigenvalue weighted by molar-refractivity contribution is 0.00614. The Labute approximate surface area is 141 Å². The van der Waals surface area contributed by atoms with Gasteiger partial charge in [-0.15, -0.1) is 11.3 Å². The largest absolute Gasteiger partial charge is 0.377 e. The number of ether oxygens (including phenoxy) is 2. The fraction of sp³-hybridized carbons (Fsp3) is 0.750. The summed E-state index contributed by atoms with van der Waals surface area (Å²) in [5.41, 5.74) is 0. The number of piperazine rings is 1. The summed E-state index contributed by atoms with van der Waals surface area (Å²) in [6, 6.07) is 4.13. The topological polar surface area (TPSA) is 24.9 Å². The maximum Gasteiger partial charge on any atom is 0.0931 e. The van der Waals surface area contributed by atoms with E-state index in [9.17, 15) is 0 Å². The lowest BCUT2D eigenvalue weighted by Gasteiger charge is -2.34. The number of nitrogens with zero attached hydrogens (tertiary/aromatic N) is 2. The van der Waals surface area contributed by atoms with Crippen molar-refractivity contribution in [2.24, 2.45) is 0 Å². The minimum atomic E-state index is 0.342. The van der Waals surface area contributed by atoms with Crippen LogP contribution in [-0.4, -0.2) is 68.4 Å². The van der Waals surface area contributed by atoms with Gasteiger partial charge in [0, 0.05) is 50.8 Å². The van der Waals surface area contributed by atoms with Gasteiger partial charge in [0.2, 0.25) is 0 Å². The maximum absolute atomic E-state index is 5.99. The first-order valence-corrected chi connectivity index (χ1v) is 9.37. The van der Waals surface area contributed by atoms with Gasteiger partial charge >= 0.3 is 0 Å². The molecule has 2 aliphatic rings. The van der Waals surface area contributed by atoms with E-state index in [4.69, 9.17) is 21.1 Å². The van der Waals surface area contributed by atoms with Crippen molar-refractivity contribution in [1.82, 2.24) is 9.80 Å². The van der Waals surface area contributed by atoms with Crippen molar-refractivity contribution in [1.29, 1.82) is 0 Å². The number of rotatable bonds is 7. The second kappa shape index (κ2) is 8.62. The van der Waals surface area contributed by atoms with E-state index in [1.807, 2.05) is 6.07 Å². The molecule has 6 heteroatoms. The molecular formula is C16H25ClN2O2S. The lowest BCUT2D eigenvalue weighted by Crippen LogP contribution is -2.46. The van der Waals surface area contributed by atoms with Gasteiger partial charge in [0.1, 0.15) is 0 Å². The Hall–Kier alpha value is -0.170. The van der Waals surface area contributed by atoms with Crippen LogP contribution < -0.4 is 0 Å². The third kappa shape index (κ3) is 5.18. The standard InChI is InChI=1S/C16H25ClN2O2S/c17-16-4-3-15(22-16)12-19-7-5-18(6-8-19)9-11-20-13-14-2-1-10-21-14/h3-4,14H,1-2,5-13H2. The molecule has 0 aromatic carbocycles. The Bertz CT molecular complexity index is 443. The van der Waals surface area contributed by atoms with Gasteiger partial charge in [0.25, 0.3) is 0 Å². The molecule has 0 aliphatic carbocycles. The molecule has 0 saturated carbocycles. The van der Waals surface area contributed by atoms with E-state index in [0.717, 1.165) is 69.8 Å². The number of halogens is 1. The molecule has 1 aromatic rings. The molecule has 0 amide bonds. The van der Waals surface area contributed by atoms with Crippen LogP contribution in [0, 0.1) is 0 Å². The molecule has 3 heterocycles. The minimum absolute atomic E-state index is 0.342. The summed E-state index contributed by atoms with van der Waals surface area (Å²) in [5, 5.41) is 0. The monoisotopic (exact) mass is 344 g/mol. The van der Waals surface area contributed by atoms with Crippen molar-refractivity contribution in [3.8, 4) is 0 Å². The maximum atomic E-state index is 5.99. The summed E-state index contributed by atoms with van der Waals surface area (Å²) >= 11 is 7.68. The molecule has 22 heavy (non-hydrogen) atoms. The number of hydrogen-bond donors (Lipinski definition) is 0. The minimum Gasteiger partial charge on any atom is -0.377 e. The van der Waals surface area contributed by atoms with Crippen LogP contribution in [0.1, 0.15) is 17.7 Å². The van der Waals surface area contributed by atoms with E-state index in [1.165, 1.54) is 11.3 Å². The van der Waals surface area contributed by atoms with E-state index in [-0.39, 0.29) is 0 Å². The molecule has 0 radical (unpaired) electrons. The Morgan fingerprint density at radius 2 is 2.05 bits per heavy atom. The molecule has 2 aliphatic heterocycles. The molecule has 0 N–H and O–H groups in total. The normalized spacial score (nSPS) is 24.1. The third-order valence-electron chi connectivity index (χ3n) is 4.35. The Balaban J connectivity index is 1.27. The van der Waals surface area contributed by atoms with Crippen LogP contribution >= 0.6 is 22.9 Å². The van der Waals surface area contributed by atoms with Crippen molar-refractivity contribution >= 4 is 22.9 Å². The second-order valence-electron chi connectivity index (χ2n) is 6.03. The molecule has 2 fully saturated rings. The lowest BCUT2D eigenvalue weighted by atomic mass is 10.2. The van der Waals surface area contributed by atoms with Gasteiger partial charge < -0.3 is 9.47 Å². The zero-order valence-corrected chi connectivity index (χ0v) is 14.6. The van der Waals surface area contributed by atoms with Gasteiger partial charge in [-0.2, -0.15) is 0 Å². The first-order valence-electron chi connectivity index (χ1n) is 8.18. The molecule has 3 rings (SSSR count). The zero-order valence-electron chi connectivity index (χ0n) is 13.0. The molecule has 4 nitrogen and oxygen atoms in total. The Kier molecular flexibility index (Phi) is 6.53. The molecule has 1 atom stereocenters. The fourth-order valence-electron chi connectivity index (χ4n) is 3.01. The zero-order chi connectivity index (χ0) is 15.2. The molecule has 0 bridgehead atoms. The summed E-state index contributed by atoms with van der Waals surface area (Å²) in [6.07, 6.45) is 2.69. The molecular weight excluding hydrogens is 320 g/mol. The molecule has 1 aromatic heterocycles. The number of hydrogen-bond acceptors (Lipinski definition) is 5. The van der Waals surface area contributed by atoms with E-state index >= 15 is 0 Å². The summed E-state index contributed by atoms with van der Waals surface area (Å²) in [4.78, 5) is 6.36. The predicted molar refractivity (Wildman–Crippen MR) is 90.8 cm³/mol. The van der Waals surface area contributed by atoms with Crippen LogP contribution in [0.2, 0.25) is 4.34 Å². The van der Waals surface area contributed by atoms with Gasteiger partial charge in [-0.3, -0.25) is 9.80 Å². The predicted octanol–water partition coefficient (Wildman–Crippen LogP) is 2.71. The van der Waals surface area contributed by atoms with Crippen LogP contribution in [0.15, 0.2) is 12.1 Å². The highest BCUT2D eigenvalue weighted by atomic mass is 35.5. The highest BCUT2D eigenvalue weighted by Gasteiger charge is 2.18. The third-order valence-corrected chi connectivity index (χ3v) is 5.57. The van der Waals surface area contributed by atoms with Crippen molar-refractivity contribution in [3.63, 3.8) is 0 Å². The van der Waals surface area contributed by atoms with Gasteiger partial charge in [-0.25, -0.2) is 0 Å². The highest BCUT2D eigenvalue weighted by Crippen LogP contribution is 2.23. The summed E-state index contributed by atoms with van der Waals surface area (Å²) in [6.45, 7) is 9.06. The SMILES string of the molecule is Clc1ccc(CN2CCN(CCOCC3CCCO3)CC2)s1. The molecule has 124 valence electrons. The van der Waals surface area contributed by atoms with E-state index in [0.29, 0.717) is 6.10 Å². The highest BCUT2D eigenvalue weighted by molar-refractivity contribution is 7.16. The van der Waals surface area contributed by atoms with E-state index in [1.54, 1.807) is 11.3 Å². The van der Waals surface area contributed by atoms with Gasteiger partial charge in [0.15, 0.2) is 0 Å². The number of thiophene rings is 1. The van der Waals surface area contributed by atoms with Crippen LogP contribution in [0.3, 0.4) is 0 Å². The van der Waals surface area contributed by atoms with Gasteiger partial charge in [-0.1, -0.05) is 11.6 Å². The van der Waals surface area contributed by atoms with Gasteiger partial charge in [0.05, 0.1) is 23.7 Å². The van der Waals surface area contributed by atoms with Crippen LogP contribution in [0.5, 0.6) is 0 Å². The van der Waals surface area contributed by atoms with Crippen molar-refractivity contribution < 1.29 is 9.47 Å². The quantitative estimate of drug-likeness (QED) is 0.710. The fourth-order valence-corrected chi connectivity index (χ4v) is 4.14. The van der Waals surface area contributed by atoms with E-state index in [2.05, 4.69) is 15.9 Å². The van der Waals surface area contributed by atoms with Crippen molar-refractivity contribution in [2.75, 3.05) is 52.5 Å².